The molecule has 1 aromatic carbocycles. The van der Waals surface area contributed by atoms with Gasteiger partial charge >= 0.3 is 6.61 Å². The van der Waals surface area contributed by atoms with Gasteiger partial charge in [-0.2, -0.15) is 8.78 Å². The third-order valence-corrected chi connectivity index (χ3v) is 3.80. The summed E-state index contributed by atoms with van der Waals surface area (Å²) in [6.07, 6.45) is 1.83. The fourth-order valence-electron chi connectivity index (χ4n) is 1.88. The lowest BCUT2D eigenvalue weighted by atomic mass is 10.2. The summed E-state index contributed by atoms with van der Waals surface area (Å²) in [5.41, 5.74) is 0.816. The van der Waals surface area contributed by atoms with Crippen LogP contribution in [0.3, 0.4) is 0 Å². The van der Waals surface area contributed by atoms with Crippen molar-refractivity contribution >= 4 is 17.3 Å². The number of rotatable bonds is 6. The van der Waals surface area contributed by atoms with Crippen molar-refractivity contribution in [3.63, 3.8) is 0 Å². The molecule has 2 N–H and O–H groups in total. The number of thiazole rings is 1. The predicted octanol–water partition coefficient (Wildman–Crippen LogP) is 2.92. The lowest BCUT2D eigenvalue weighted by Gasteiger charge is -2.12. The molecule has 2 rings (SSSR count). The highest BCUT2D eigenvalue weighted by Gasteiger charge is 2.05. The largest absolute Gasteiger partial charge is 0.435 e. The van der Waals surface area contributed by atoms with E-state index in [4.69, 9.17) is 0 Å². The van der Waals surface area contributed by atoms with Gasteiger partial charge in [-0.15, -0.1) is 11.3 Å². The molecule has 0 spiro atoms. The second-order valence-corrected chi connectivity index (χ2v) is 5.99. The second kappa shape index (κ2) is 8.42. The highest BCUT2D eigenvalue weighted by atomic mass is 32.1. The monoisotopic (exact) mass is 340 g/mol. The van der Waals surface area contributed by atoms with Gasteiger partial charge in [-0.1, -0.05) is 12.1 Å². The van der Waals surface area contributed by atoms with E-state index in [9.17, 15) is 8.78 Å². The number of nitrogens with zero attached hydrogens (tertiary/aromatic N) is 2. The lowest BCUT2D eigenvalue weighted by Crippen LogP contribution is -2.36. The van der Waals surface area contributed by atoms with Crippen molar-refractivity contribution in [3.05, 3.63) is 45.9 Å². The van der Waals surface area contributed by atoms with Crippen LogP contribution in [-0.2, 0) is 13.1 Å². The fraction of sp³-hybridized carbons (Fsp3) is 0.333. The Kier molecular flexibility index (Phi) is 6.28. The first-order chi connectivity index (χ1) is 11.1. The minimum absolute atomic E-state index is 0.139. The van der Waals surface area contributed by atoms with Crippen LogP contribution in [0.25, 0.3) is 0 Å². The number of nitrogens with one attached hydrogen (secondary N) is 2. The van der Waals surface area contributed by atoms with Crippen molar-refractivity contribution in [2.75, 3.05) is 7.05 Å². The third-order valence-electron chi connectivity index (χ3n) is 2.88. The first-order valence-electron chi connectivity index (χ1n) is 6.96. The number of benzene rings is 1. The molecule has 1 heterocycles. The van der Waals surface area contributed by atoms with Gasteiger partial charge in [0.15, 0.2) is 5.96 Å². The molecule has 0 aliphatic carbocycles. The standard InChI is InChI=1S/C15H18F2N4OS/c1-10-7-19-13(23-10)9-21-15(18-2)20-8-11-4-3-5-12(6-11)22-14(16)17/h3-7,14H,8-9H2,1-2H3,(H2,18,20,21). The zero-order valence-corrected chi connectivity index (χ0v) is 13.7. The van der Waals surface area contributed by atoms with Crippen LogP contribution in [0.2, 0.25) is 0 Å². The molecular weight excluding hydrogens is 322 g/mol. The van der Waals surface area contributed by atoms with E-state index in [0.29, 0.717) is 19.0 Å². The Morgan fingerprint density at radius 1 is 1.35 bits per heavy atom. The summed E-state index contributed by atoms with van der Waals surface area (Å²) in [4.78, 5) is 9.53. The molecule has 0 radical (unpaired) electrons. The molecule has 0 bridgehead atoms. The number of hydrogen-bond acceptors (Lipinski definition) is 4. The molecule has 0 saturated carbocycles. The molecule has 0 aliphatic rings. The molecular formula is C15H18F2N4OS. The number of alkyl halides is 2. The Morgan fingerprint density at radius 3 is 2.78 bits per heavy atom. The number of ether oxygens (including phenoxy) is 1. The van der Waals surface area contributed by atoms with Crippen molar-refractivity contribution in [3.8, 4) is 5.75 Å². The molecule has 0 amide bonds. The van der Waals surface area contributed by atoms with Crippen molar-refractivity contribution < 1.29 is 13.5 Å². The molecule has 8 heteroatoms. The molecule has 5 nitrogen and oxygen atoms in total. The second-order valence-electron chi connectivity index (χ2n) is 4.67. The number of halogens is 2. The molecule has 1 aromatic heterocycles. The summed E-state index contributed by atoms with van der Waals surface area (Å²) in [5, 5.41) is 7.24. The van der Waals surface area contributed by atoms with Gasteiger partial charge in [0.1, 0.15) is 10.8 Å². The van der Waals surface area contributed by atoms with Crippen LogP contribution >= 0.6 is 11.3 Å². The highest BCUT2D eigenvalue weighted by molar-refractivity contribution is 7.11. The van der Waals surface area contributed by atoms with Crippen LogP contribution in [0.5, 0.6) is 5.75 Å². The van der Waals surface area contributed by atoms with Crippen molar-refractivity contribution in [2.45, 2.75) is 26.6 Å². The van der Waals surface area contributed by atoms with Crippen LogP contribution in [0.1, 0.15) is 15.4 Å². The van der Waals surface area contributed by atoms with E-state index in [1.54, 1.807) is 30.5 Å². The van der Waals surface area contributed by atoms with E-state index in [0.717, 1.165) is 15.4 Å². The van der Waals surface area contributed by atoms with E-state index in [1.807, 2.05) is 19.2 Å². The van der Waals surface area contributed by atoms with Crippen LogP contribution in [0.15, 0.2) is 35.5 Å². The summed E-state index contributed by atoms with van der Waals surface area (Å²) < 4.78 is 28.8. The van der Waals surface area contributed by atoms with Gasteiger partial charge in [-0.25, -0.2) is 4.98 Å². The molecule has 0 fully saturated rings. The SMILES string of the molecule is CN=C(NCc1cccc(OC(F)F)c1)NCc1ncc(C)s1. The molecule has 0 unspecified atom stereocenters. The molecule has 124 valence electrons. The highest BCUT2D eigenvalue weighted by Crippen LogP contribution is 2.15. The number of aryl methyl sites for hydroxylation is 1. The lowest BCUT2D eigenvalue weighted by molar-refractivity contribution is -0.0498. The van der Waals surface area contributed by atoms with Crippen molar-refractivity contribution in [1.29, 1.82) is 0 Å². The maximum absolute atomic E-state index is 12.2. The van der Waals surface area contributed by atoms with Gasteiger partial charge in [0.25, 0.3) is 0 Å². The Balaban J connectivity index is 1.85. The first-order valence-corrected chi connectivity index (χ1v) is 7.78. The van der Waals surface area contributed by atoms with Crippen molar-refractivity contribution in [1.82, 2.24) is 15.6 Å². The van der Waals surface area contributed by atoms with E-state index in [2.05, 4.69) is 25.3 Å². The summed E-state index contributed by atoms with van der Waals surface area (Å²) in [5.74, 6) is 0.749. The number of aliphatic imine (C=N–C) groups is 1. The average Bonchev–Trinajstić information content (AvgIpc) is 2.93. The summed E-state index contributed by atoms with van der Waals surface area (Å²) in [6, 6.07) is 6.55. The summed E-state index contributed by atoms with van der Waals surface area (Å²) in [6.45, 7) is 0.196. The molecule has 0 aliphatic heterocycles. The van der Waals surface area contributed by atoms with E-state index >= 15 is 0 Å². The Hall–Kier alpha value is -2.22. The van der Waals surface area contributed by atoms with Gasteiger partial charge in [-0.3, -0.25) is 4.99 Å². The number of guanidine groups is 1. The molecule has 2 aromatic rings. The van der Waals surface area contributed by atoms with Crippen LogP contribution < -0.4 is 15.4 Å². The van der Waals surface area contributed by atoms with Gasteiger partial charge < -0.3 is 15.4 Å². The Bertz CT molecular complexity index is 660. The molecule has 0 atom stereocenters. The summed E-state index contributed by atoms with van der Waals surface area (Å²) in [7, 11) is 1.67. The van der Waals surface area contributed by atoms with Gasteiger partial charge in [-0.05, 0) is 24.6 Å². The molecule has 0 saturated heterocycles. The number of aromatic nitrogens is 1. The predicted molar refractivity (Wildman–Crippen MR) is 87.0 cm³/mol. The van der Waals surface area contributed by atoms with Crippen LogP contribution in [0.4, 0.5) is 8.78 Å². The smallest absolute Gasteiger partial charge is 0.387 e. The average molecular weight is 340 g/mol. The zero-order chi connectivity index (χ0) is 16.7. The fourth-order valence-corrected chi connectivity index (χ4v) is 2.61. The quantitative estimate of drug-likeness (QED) is 0.627. The summed E-state index contributed by atoms with van der Waals surface area (Å²) >= 11 is 1.62. The van der Waals surface area contributed by atoms with E-state index in [-0.39, 0.29) is 5.75 Å². The minimum atomic E-state index is -2.82. The topological polar surface area (TPSA) is 58.5 Å². The van der Waals surface area contributed by atoms with E-state index in [1.165, 1.54) is 6.07 Å². The Morgan fingerprint density at radius 2 is 2.13 bits per heavy atom. The normalized spacial score (nSPS) is 11.6. The van der Waals surface area contributed by atoms with Crippen LogP contribution in [0, 0.1) is 6.92 Å². The van der Waals surface area contributed by atoms with Gasteiger partial charge in [0.05, 0.1) is 6.54 Å². The maximum Gasteiger partial charge on any atom is 0.387 e. The van der Waals surface area contributed by atoms with Crippen molar-refractivity contribution in [2.24, 2.45) is 4.99 Å². The van der Waals surface area contributed by atoms with Gasteiger partial charge in [0.2, 0.25) is 0 Å². The zero-order valence-electron chi connectivity index (χ0n) is 12.8. The van der Waals surface area contributed by atoms with E-state index < -0.39 is 6.61 Å². The first kappa shape index (κ1) is 17.1. The Labute approximate surface area is 137 Å². The maximum atomic E-state index is 12.2. The molecule has 23 heavy (non-hydrogen) atoms. The third kappa shape index (κ3) is 5.82. The van der Waals surface area contributed by atoms with Crippen LogP contribution in [-0.4, -0.2) is 24.6 Å². The minimum Gasteiger partial charge on any atom is -0.435 e. The van der Waals surface area contributed by atoms with Gasteiger partial charge in [0, 0.05) is 24.7 Å². The number of hydrogen-bond donors (Lipinski definition) is 2.